The highest BCUT2D eigenvalue weighted by Gasteiger charge is 2.48. The van der Waals surface area contributed by atoms with Gasteiger partial charge in [0.05, 0.1) is 6.20 Å². The third-order valence-corrected chi connectivity index (χ3v) is 3.01. The predicted octanol–water partition coefficient (Wildman–Crippen LogP) is 1.77. The molecule has 10 heteroatoms. The van der Waals surface area contributed by atoms with E-state index in [1.165, 1.54) is 18.6 Å². The van der Waals surface area contributed by atoms with Crippen molar-refractivity contribution in [1.29, 1.82) is 0 Å². The zero-order valence-electron chi connectivity index (χ0n) is 9.57. The minimum Gasteiger partial charge on any atom is -0.374 e. The first kappa shape index (κ1) is 14.2. The molecular formula is C10H6F3N3O3S. The van der Waals surface area contributed by atoms with Gasteiger partial charge in [-0.2, -0.15) is 21.6 Å². The van der Waals surface area contributed by atoms with Crippen LogP contribution in [0.25, 0.3) is 11.4 Å². The maximum Gasteiger partial charge on any atom is 0.534 e. The van der Waals surface area contributed by atoms with Gasteiger partial charge in [-0.1, -0.05) is 0 Å². The van der Waals surface area contributed by atoms with Crippen LogP contribution in [0.1, 0.15) is 0 Å². The van der Waals surface area contributed by atoms with Crippen LogP contribution in [-0.4, -0.2) is 28.9 Å². The lowest BCUT2D eigenvalue weighted by Crippen LogP contribution is -2.28. The number of rotatable bonds is 3. The maximum absolute atomic E-state index is 12.2. The van der Waals surface area contributed by atoms with Crippen LogP contribution in [0, 0.1) is 0 Å². The topological polar surface area (TPSA) is 82.0 Å². The van der Waals surface area contributed by atoms with Crippen LogP contribution in [0.15, 0.2) is 36.9 Å². The fourth-order valence-corrected chi connectivity index (χ4v) is 1.65. The normalized spacial score (nSPS) is 12.2. The Labute approximate surface area is 111 Å². The highest BCUT2D eigenvalue weighted by molar-refractivity contribution is 7.87. The van der Waals surface area contributed by atoms with Crippen molar-refractivity contribution in [2.75, 3.05) is 0 Å². The van der Waals surface area contributed by atoms with Gasteiger partial charge in [0.2, 0.25) is 0 Å². The third-order valence-electron chi connectivity index (χ3n) is 2.03. The number of pyridine rings is 1. The molecular weight excluding hydrogens is 299 g/mol. The largest absolute Gasteiger partial charge is 0.534 e. The molecule has 0 aliphatic heterocycles. The number of nitrogens with zero attached hydrogens (tertiary/aromatic N) is 3. The minimum absolute atomic E-state index is 0.176. The Morgan fingerprint density at radius 2 is 1.75 bits per heavy atom. The summed E-state index contributed by atoms with van der Waals surface area (Å²) in [5, 5.41) is 0. The van der Waals surface area contributed by atoms with E-state index in [2.05, 4.69) is 19.1 Å². The molecule has 0 saturated heterocycles. The maximum atomic E-state index is 12.2. The summed E-state index contributed by atoms with van der Waals surface area (Å²) in [6.07, 6.45) is 4.95. The molecule has 0 radical (unpaired) electrons. The molecule has 20 heavy (non-hydrogen) atoms. The van der Waals surface area contributed by atoms with Gasteiger partial charge in [-0.3, -0.25) is 4.98 Å². The van der Waals surface area contributed by atoms with Crippen molar-refractivity contribution < 1.29 is 25.8 Å². The SMILES string of the molecule is O=S(=O)(Oc1cncc(-c2ncccn2)c1)C(F)(F)F. The second-order valence-electron chi connectivity index (χ2n) is 3.46. The summed E-state index contributed by atoms with van der Waals surface area (Å²) < 4.78 is 62.2. The second-order valence-corrected chi connectivity index (χ2v) is 5.00. The first-order valence-electron chi connectivity index (χ1n) is 5.03. The molecule has 2 rings (SSSR count). The van der Waals surface area contributed by atoms with Gasteiger partial charge >= 0.3 is 15.6 Å². The smallest absolute Gasteiger partial charge is 0.374 e. The molecule has 0 fully saturated rings. The average molecular weight is 305 g/mol. The average Bonchev–Trinajstić information content (AvgIpc) is 2.38. The van der Waals surface area contributed by atoms with Gasteiger partial charge in [0, 0.05) is 24.2 Å². The van der Waals surface area contributed by atoms with Crippen molar-refractivity contribution in [2.24, 2.45) is 0 Å². The van der Waals surface area contributed by atoms with Gasteiger partial charge in [-0.15, -0.1) is 0 Å². The van der Waals surface area contributed by atoms with Crippen molar-refractivity contribution in [3.05, 3.63) is 36.9 Å². The van der Waals surface area contributed by atoms with E-state index in [-0.39, 0.29) is 11.4 Å². The molecule has 6 nitrogen and oxygen atoms in total. The van der Waals surface area contributed by atoms with Crippen LogP contribution in [0.5, 0.6) is 5.75 Å². The molecule has 0 aliphatic rings. The predicted molar refractivity (Wildman–Crippen MR) is 60.9 cm³/mol. The van der Waals surface area contributed by atoms with Gasteiger partial charge < -0.3 is 4.18 Å². The number of alkyl halides is 3. The van der Waals surface area contributed by atoms with Crippen molar-refractivity contribution in [3.63, 3.8) is 0 Å². The molecule has 2 aromatic rings. The summed E-state index contributed by atoms with van der Waals surface area (Å²) in [4.78, 5) is 11.3. The van der Waals surface area contributed by atoms with E-state index in [1.807, 2.05) is 0 Å². The molecule has 0 bridgehead atoms. The van der Waals surface area contributed by atoms with E-state index in [9.17, 15) is 21.6 Å². The Hall–Kier alpha value is -2.23. The lowest BCUT2D eigenvalue weighted by atomic mass is 10.2. The molecule has 0 unspecified atom stereocenters. The van der Waals surface area contributed by atoms with E-state index in [1.54, 1.807) is 6.07 Å². The van der Waals surface area contributed by atoms with Crippen molar-refractivity contribution in [3.8, 4) is 17.1 Å². The third kappa shape index (κ3) is 3.02. The van der Waals surface area contributed by atoms with E-state index >= 15 is 0 Å². The summed E-state index contributed by atoms with van der Waals surface area (Å²) in [6, 6.07) is 2.59. The first-order valence-corrected chi connectivity index (χ1v) is 6.43. The second kappa shape index (κ2) is 5.04. The molecule has 2 aromatic heterocycles. The van der Waals surface area contributed by atoms with Gasteiger partial charge in [-0.05, 0) is 12.1 Å². The van der Waals surface area contributed by atoms with Crippen LogP contribution in [0.2, 0.25) is 0 Å². The van der Waals surface area contributed by atoms with E-state index in [4.69, 9.17) is 0 Å². The van der Waals surface area contributed by atoms with Crippen molar-refractivity contribution >= 4 is 10.1 Å². The molecule has 0 amide bonds. The number of hydrogen-bond acceptors (Lipinski definition) is 6. The fourth-order valence-electron chi connectivity index (χ4n) is 1.21. The van der Waals surface area contributed by atoms with Crippen LogP contribution < -0.4 is 4.18 Å². The summed E-state index contributed by atoms with van der Waals surface area (Å²) in [7, 11) is -5.73. The Kier molecular flexibility index (Phi) is 3.57. The highest BCUT2D eigenvalue weighted by atomic mass is 32.2. The minimum atomic E-state index is -5.73. The number of aromatic nitrogens is 3. The van der Waals surface area contributed by atoms with Gasteiger partial charge in [0.25, 0.3) is 0 Å². The molecule has 0 aliphatic carbocycles. The molecule has 0 atom stereocenters. The fraction of sp³-hybridized carbons (Fsp3) is 0.100. The lowest BCUT2D eigenvalue weighted by molar-refractivity contribution is -0.0500. The standard InChI is InChI=1S/C10H6F3N3O3S/c11-10(12,13)20(17,18)19-8-4-7(5-14-6-8)9-15-2-1-3-16-9/h1-6H. The summed E-state index contributed by atoms with van der Waals surface area (Å²) in [6.45, 7) is 0. The molecule has 2 heterocycles. The van der Waals surface area contributed by atoms with Gasteiger partial charge in [0.1, 0.15) is 0 Å². The van der Waals surface area contributed by atoms with Crippen molar-refractivity contribution in [1.82, 2.24) is 15.0 Å². The van der Waals surface area contributed by atoms with Crippen LogP contribution in [-0.2, 0) is 10.1 Å². The van der Waals surface area contributed by atoms with Gasteiger partial charge in [-0.25, -0.2) is 9.97 Å². The molecule has 0 N–H and O–H groups in total. The monoisotopic (exact) mass is 305 g/mol. The quantitative estimate of drug-likeness (QED) is 0.635. The number of hydrogen-bond donors (Lipinski definition) is 0. The molecule has 0 spiro atoms. The van der Waals surface area contributed by atoms with E-state index < -0.39 is 21.4 Å². The van der Waals surface area contributed by atoms with Crippen LogP contribution >= 0.6 is 0 Å². The molecule has 106 valence electrons. The zero-order valence-corrected chi connectivity index (χ0v) is 10.4. The van der Waals surface area contributed by atoms with E-state index in [0.29, 0.717) is 0 Å². The summed E-state index contributed by atoms with van der Waals surface area (Å²) >= 11 is 0. The Balaban J connectivity index is 2.33. The van der Waals surface area contributed by atoms with E-state index in [0.717, 1.165) is 12.3 Å². The Morgan fingerprint density at radius 3 is 2.35 bits per heavy atom. The Bertz CT molecular complexity index is 704. The zero-order chi connectivity index (χ0) is 14.8. The summed E-state index contributed by atoms with van der Waals surface area (Å²) in [5.41, 5.74) is -5.29. The molecule has 0 saturated carbocycles. The lowest BCUT2D eigenvalue weighted by Gasteiger charge is -2.09. The highest BCUT2D eigenvalue weighted by Crippen LogP contribution is 2.28. The molecule has 0 aromatic carbocycles. The van der Waals surface area contributed by atoms with Crippen LogP contribution in [0.3, 0.4) is 0 Å². The van der Waals surface area contributed by atoms with Crippen molar-refractivity contribution in [2.45, 2.75) is 5.51 Å². The van der Waals surface area contributed by atoms with Crippen LogP contribution in [0.4, 0.5) is 13.2 Å². The summed E-state index contributed by atoms with van der Waals surface area (Å²) in [5.74, 6) is -0.401. The first-order chi connectivity index (χ1) is 9.29. The number of halogens is 3. The van der Waals surface area contributed by atoms with Gasteiger partial charge in [0.15, 0.2) is 11.6 Å². The Morgan fingerprint density at radius 1 is 1.10 bits per heavy atom.